The molecule has 0 aromatic heterocycles. The summed E-state index contributed by atoms with van der Waals surface area (Å²) in [6, 6.07) is 12.6. The lowest BCUT2D eigenvalue weighted by Crippen LogP contribution is -2.48. The second-order valence-corrected chi connectivity index (χ2v) is 10.7. The van der Waals surface area contributed by atoms with Crippen LogP contribution in [0.1, 0.15) is 25.0 Å². The second-order valence-electron chi connectivity index (χ2n) is 8.67. The molecule has 1 aliphatic rings. The van der Waals surface area contributed by atoms with Crippen LogP contribution in [0.2, 0.25) is 0 Å². The van der Waals surface area contributed by atoms with Gasteiger partial charge in [-0.15, -0.1) is 0 Å². The molecule has 2 aromatic rings. The largest absolute Gasteiger partial charge is 0.369 e. The maximum absolute atomic E-state index is 12.6. The number of benzene rings is 2. The lowest BCUT2D eigenvalue weighted by molar-refractivity contribution is -0.117. The van der Waals surface area contributed by atoms with Crippen LogP contribution in [0.3, 0.4) is 0 Å². The molecular formula is C24H34N4O3S. The van der Waals surface area contributed by atoms with Gasteiger partial charge in [-0.05, 0) is 69.2 Å². The third kappa shape index (κ3) is 5.49. The van der Waals surface area contributed by atoms with Crippen LogP contribution in [0, 0.1) is 13.8 Å². The van der Waals surface area contributed by atoms with Gasteiger partial charge in [-0.3, -0.25) is 9.69 Å². The molecule has 7 nitrogen and oxygen atoms in total. The van der Waals surface area contributed by atoms with Gasteiger partial charge in [0.05, 0.1) is 11.4 Å². The Balaban J connectivity index is 1.53. The summed E-state index contributed by atoms with van der Waals surface area (Å²) in [4.78, 5) is 17.3. The van der Waals surface area contributed by atoms with Crippen molar-refractivity contribution < 1.29 is 13.2 Å². The van der Waals surface area contributed by atoms with Crippen LogP contribution >= 0.6 is 0 Å². The number of aryl methyl sites for hydroxylation is 1. The predicted octanol–water partition coefficient (Wildman–Crippen LogP) is 3.09. The summed E-state index contributed by atoms with van der Waals surface area (Å²) >= 11 is 0. The number of nitrogens with one attached hydrogen (secondary N) is 1. The fourth-order valence-electron chi connectivity index (χ4n) is 3.78. The molecule has 32 heavy (non-hydrogen) atoms. The number of rotatable bonds is 7. The summed E-state index contributed by atoms with van der Waals surface area (Å²) in [6.07, 6.45) is 0. The maximum atomic E-state index is 12.6. The Morgan fingerprint density at radius 3 is 2.25 bits per heavy atom. The number of carbonyl (C=O) groups excluding carboxylic acids is 1. The molecule has 0 radical (unpaired) electrons. The molecule has 0 atom stereocenters. The van der Waals surface area contributed by atoms with Gasteiger partial charge in [0.2, 0.25) is 15.9 Å². The Hall–Kier alpha value is -2.42. The molecule has 1 amide bonds. The zero-order valence-corrected chi connectivity index (χ0v) is 20.4. The molecule has 2 aromatic carbocycles. The van der Waals surface area contributed by atoms with E-state index >= 15 is 0 Å². The van der Waals surface area contributed by atoms with Crippen molar-refractivity contribution in [2.24, 2.45) is 0 Å². The van der Waals surface area contributed by atoms with Gasteiger partial charge in [0.15, 0.2) is 0 Å². The average molecular weight is 459 g/mol. The number of hydrogen-bond acceptors (Lipinski definition) is 5. The van der Waals surface area contributed by atoms with Crippen LogP contribution < -0.4 is 10.2 Å². The summed E-state index contributed by atoms with van der Waals surface area (Å²) in [5.74, 6) is -0.0971. The van der Waals surface area contributed by atoms with E-state index in [-0.39, 0.29) is 16.8 Å². The van der Waals surface area contributed by atoms with Crippen molar-refractivity contribution in [2.45, 2.75) is 38.6 Å². The lowest BCUT2D eigenvalue weighted by atomic mass is 10.1. The third-order valence-corrected chi connectivity index (χ3v) is 8.25. The molecule has 8 heteroatoms. The zero-order valence-electron chi connectivity index (χ0n) is 19.6. The van der Waals surface area contributed by atoms with E-state index in [4.69, 9.17) is 0 Å². The molecule has 1 fully saturated rings. The van der Waals surface area contributed by atoms with Gasteiger partial charge >= 0.3 is 0 Å². The first-order chi connectivity index (χ1) is 15.1. The van der Waals surface area contributed by atoms with Crippen LogP contribution in [-0.2, 0) is 14.8 Å². The van der Waals surface area contributed by atoms with Crippen LogP contribution in [0.5, 0.6) is 0 Å². The van der Waals surface area contributed by atoms with Crippen molar-refractivity contribution in [3.63, 3.8) is 0 Å². The first-order valence-corrected chi connectivity index (χ1v) is 12.4. The molecule has 0 spiro atoms. The summed E-state index contributed by atoms with van der Waals surface area (Å²) in [7, 11) is -1.97. The van der Waals surface area contributed by atoms with Crippen LogP contribution in [0.25, 0.3) is 0 Å². The number of carbonyl (C=O) groups is 1. The van der Waals surface area contributed by atoms with Crippen molar-refractivity contribution in [1.82, 2.24) is 9.21 Å². The van der Waals surface area contributed by atoms with Gasteiger partial charge in [-0.2, -0.15) is 4.31 Å². The number of anilines is 2. The lowest BCUT2D eigenvalue weighted by Gasteiger charge is -2.36. The molecule has 0 aliphatic carbocycles. The van der Waals surface area contributed by atoms with Gasteiger partial charge in [-0.1, -0.05) is 12.1 Å². The number of amides is 1. The van der Waals surface area contributed by atoms with Gasteiger partial charge in [0, 0.05) is 50.6 Å². The topological polar surface area (TPSA) is 73.0 Å². The van der Waals surface area contributed by atoms with E-state index in [9.17, 15) is 13.2 Å². The molecule has 1 aliphatic heterocycles. The van der Waals surface area contributed by atoms with Crippen LogP contribution in [-0.4, -0.2) is 69.3 Å². The smallest absolute Gasteiger partial charge is 0.243 e. The highest BCUT2D eigenvalue weighted by molar-refractivity contribution is 7.89. The Bertz CT molecular complexity index is 1040. The van der Waals surface area contributed by atoms with Gasteiger partial charge in [0.25, 0.3) is 0 Å². The molecule has 1 saturated heterocycles. The van der Waals surface area contributed by atoms with Crippen molar-refractivity contribution in [2.75, 3.05) is 50.0 Å². The average Bonchev–Trinajstić information content (AvgIpc) is 2.76. The summed E-state index contributed by atoms with van der Waals surface area (Å²) in [6.45, 7) is 11.7. The van der Waals surface area contributed by atoms with Crippen LogP contribution in [0.15, 0.2) is 47.4 Å². The minimum absolute atomic E-state index is 0.0971. The highest BCUT2D eigenvalue weighted by atomic mass is 32.2. The highest BCUT2D eigenvalue weighted by Crippen LogP contribution is 2.24. The van der Waals surface area contributed by atoms with E-state index in [0.29, 0.717) is 12.2 Å². The van der Waals surface area contributed by atoms with Crippen molar-refractivity contribution in [3.8, 4) is 0 Å². The summed E-state index contributed by atoms with van der Waals surface area (Å²) in [5.41, 5.74) is 4.46. The summed E-state index contributed by atoms with van der Waals surface area (Å²) in [5, 5.41) is 2.88. The standard InChI is InChI=1S/C24H34N4O3S/c1-18(2)26(5)32(30,31)22-11-9-21(10-12-22)25-24(29)17-27-13-15-28(16-14-27)23-8-6-7-19(3)20(23)4/h6-12,18H,13-17H2,1-5H3,(H,25,29). The van der Waals surface area contributed by atoms with E-state index in [1.54, 1.807) is 19.2 Å². The molecule has 1 N–H and O–H groups in total. The van der Waals surface area contributed by atoms with Crippen molar-refractivity contribution >= 4 is 27.3 Å². The summed E-state index contributed by atoms with van der Waals surface area (Å²) < 4.78 is 26.5. The monoisotopic (exact) mass is 458 g/mol. The first-order valence-electron chi connectivity index (χ1n) is 11.0. The Kier molecular flexibility index (Phi) is 7.59. The van der Waals surface area contributed by atoms with E-state index in [2.05, 4.69) is 47.2 Å². The van der Waals surface area contributed by atoms with Gasteiger partial charge in [0.1, 0.15) is 0 Å². The zero-order chi connectivity index (χ0) is 23.5. The number of sulfonamides is 1. The fraction of sp³-hybridized carbons (Fsp3) is 0.458. The SMILES string of the molecule is Cc1cccc(N2CCN(CC(=O)Nc3ccc(S(=O)(=O)N(C)C(C)C)cc3)CC2)c1C. The number of hydrogen-bond donors (Lipinski definition) is 1. The molecular weight excluding hydrogens is 424 g/mol. The number of nitrogens with zero attached hydrogens (tertiary/aromatic N) is 3. The molecule has 0 unspecified atom stereocenters. The second kappa shape index (κ2) is 10.0. The Labute approximate surface area is 192 Å². The highest BCUT2D eigenvalue weighted by Gasteiger charge is 2.23. The predicted molar refractivity (Wildman–Crippen MR) is 130 cm³/mol. The normalized spacial score (nSPS) is 15.4. The Morgan fingerprint density at radius 2 is 1.66 bits per heavy atom. The molecule has 1 heterocycles. The van der Waals surface area contributed by atoms with Crippen molar-refractivity contribution in [3.05, 3.63) is 53.6 Å². The fourth-order valence-corrected chi connectivity index (χ4v) is 5.15. The molecule has 0 saturated carbocycles. The molecule has 0 bridgehead atoms. The number of piperazine rings is 1. The van der Waals surface area contributed by atoms with E-state index in [1.165, 1.54) is 33.3 Å². The van der Waals surface area contributed by atoms with E-state index < -0.39 is 10.0 Å². The molecule has 174 valence electrons. The van der Waals surface area contributed by atoms with Crippen LogP contribution in [0.4, 0.5) is 11.4 Å². The minimum atomic E-state index is -3.53. The maximum Gasteiger partial charge on any atom is 0.243 e. The van der Waals surface area contributed by atoms with Gasteiger partial charge in [-0.25, -0.2) is 8.42 Å². The molecule has 3 rings (SSSR count). The van der Waals surface area contributed by atoms with E-state index in [0.717, 1.165) is 26.2 Å². The third-order valence-electron chi connectivity index (χ3n) is 6.20. The Morgan fingerprint density at radius 1 is 1.03 bits per heavy atom. The minimum Gasteiger partial charge on any atom is -0.369 e. The van der Waals surface area contributed by atoms with E-state index in [1.807, 2.05) is 13.8 Å². The first kappa shape index (κ1) is 24.2. The van der Waals surface area contributed by atoms with Crippen molar-refractivity contribution in [1.29, 1.82) is 0 Å². The quantitative estimate of drug-likeness (QED) is 0.690. The van der Waals surface area contributed by atoms with Gasteiger partial charge < -0.3 is 10.2 Å².